The number of halogens is 2. The number of anilines is 1. The number of ketones is 1. The maximum Gasteiger partial charge on any atom is 0.217 e. The molecule has 0 spiro atoms. The molecule has 0 unspecified atom stereocenters. The highest BCUT2D eigenvalue weighted by Gasteiger charge is 2.13. The van der Waals surface area contributed by atoms with Crippen molar-refractivity contribution < 1.29 is 4.79 Å². The summed E-state index contributed by atoms with van der Waals surface area (Å²) >= 11 is 12.1. The van der Waals surface area contributed by atoms with Crippen molar-refractivity contribution in [2.24, 2.45) is 0 Å². The van der Waals surface area contributed by atoms with Gasteiger partial charge in [-0.3, -0.25) is 4.79 Å². The van der Waals surface area contributed by atoms with Crippen LogP contribution in [0.2, 0.25) is 10.0 Å². The molecule has 2 nitrogen and oxygen atoms in total. The zero-order valence-electron chi connectivity index (χ0n) is 11.4. The van der Waals surface area contributed by atoms with E-state index in [-0.39, 0.29) is 5.78 Å². The zero-order valence-corrected chi connectivity index (χ0v) is 12.9. The van der Waals surface area contributed by atoms with Crippen LogP contribution in [0.5, 0.6) is 0 Å². The van der Waals surface area contributed by atoms with Crippen molar-refractivity contribution in [3.63, 3.8) is 0 Å². The number of carbonyl (C=O) groups excluding carboxylic acids is 1. The molecule has 0 atom stereocenters. The Kier molecular flexibility index (Phi) is 4.74. The third-order valence-corrected chi connectivity index (χ3v) is 3.78. The van der Waals surface area contributed by atoms with Crippen LogP contribution in [0.3, 0.4) is 0 Å². The number of nitrogens with zero attached hydrogens (tertiary/aromatic N) is 1. The first-order valence-electron chi connectivity index (χ1n) is 6.34. The van der Waals surface area contributed by atoms with Crippen LogP contribution in [0.25, 0.3) is 0 Å². The fourth-order valence-corrected chi connectivity index (χ4v) is 2.25. The molecule has 0 bridgehead atoms. The molecule has 0 aliphatic carbocycles. The largest absolute Gasteiger partial charge is 0.422 e. The van der Waals surface area contributed by atoms with Gasteiger partial charge in [0.15, 0.2) is 5.78 Å². The Morgan fingerprint density at radius 3 is 2.35 bits per heavy atom. The lowest BCUT2D eigenvalue weighted by atomic mass is 10.0. The smallest absolute Gasteiger partial charge is 0.217 e. The number of rotatable bonds is 4. The van der Waals surface area contributed by atoms with E-state index in [1.54, 1.807) is 30.3 Å². The van der Waals surface area contributed by atoms with Gasteiger partial charge in [-0.05, 0) is 49.4 Å². The van der Waals surface area contributed by atoms with E-state index in [9.17, 15) is 4.79 Å². The van der Waals surface area contributed by atoms with E-state index in [4.69, 9.17) is 23.2 Å². The minimum Gasteiger partial charge on any atom is -0.422 e. The van der Waals surface area contributed by atoms with E-state index >= 15 is 0 Å². The Morgan fingerprint density at radius 2 is 1.80 bits per heavy atom. The average molecular weight is 306 g/mol. The van der Waals surface area contributed by atoms with E-state index < -0.39 is 0 Å². The first-order valence-corrected chi connectivity index (χ1v) is 7.09. The highest BCUT2D eigenvalue weighted by Crippen LogP contribution is 2.25. The molecule has 0 aromatic heterocycles. The first kappa shape index (κ1) is 15.0. The number of hydrogen-bond acceptors (Lipinski definition) is 2. The molecule has 0 fully saturated rings. The van der Waals surface area contributed by atoms with Crippen LogP contribution in [-0.4, -0.2) is 20.3 Å². The Bertz CT molecular complexity index is 628. The summed E-state index contributed by atoms with van der Waals surface area (Å²) in [5.74, 6) is -0.0997. The summed E-state index contributed by atoms with van der Waals surface area (Å²) in [6, 6.07) is 12.3. The molecule has 2 aromatic rings. The maximum absolute atomic E-state index is 12.4. The third-order valence-electron chi connectivity index (χ3n) is 3.22. The molecule has 0 amide bonds. The standard InChI is InChI=1S/C15H14BCl2NO/c1-2-19(16)12-7-8-13(14(18)9-12)15(20)10-3-5-11(17)6-4-10/h3-9H,2,16H2,1H3. The van der Waals surface area contributed by atoms with Gasteiger partial charge in [-0.25, -0.2) is 0 Å². The van der Waals surface area contributed by atoms with Gasteiger partial charge in [-0.2, -0.15) is 0 Å². The van der Waals surface area contributed by atoms with E-state index in [0.29, 0.717) is 21.2 Å². The van der Waals surface area contributed by atoms with Crippen LogP contribution in [0.15, 0.2) is 42.5 Å². The molecule has 0 aliphatic rings. The van der Waals surface area contributed by atoms with Crippen molar-refractivity contribution in [1.29, 1.82) is 0 Å². The van der Waals surface area contributed by atoms with Gasteiger partial charge in [-0.1, -0.05) is 23.2 Å². The summed E-state index contributed by atoms with van der Waals surface area (Å²) in [5, 5.41) is 1.07. The molecule has 2 aromatic carbocycles. The van der Waals surface area contributed by atoms with Crippen molar-refractivity contribution in [3.05, 3.63) is 63.6 Å². The Labute approximate surface area is 129 Å². The topological polar surface area (TPSA) is 20.3 Å². The van der Waals surface area contributed by atoms with Crippen molar-refractivity contribution >= 4 is 42.7 Å². The molecule has 0 N–H and O–H groups in total. The lowest BCUT2D eigenvalue weighted by molar-refractivity contribution is 0.103. The fourth-order valence-electron chi connectivity index (χ4n) is 1.86. The van der Waals surface area contributed by atoms with E-state index in [2.05, 4.69) is 11.7 Å². The summed E-state index contributed by atoms with van der Waals surface area (Å²) in [6.45, 7) is 2.93. The second kappa shape index (κ2) is 6.34. The van der Waals surface area contributed by atoms with Crippen molar-refractivity contribution in [2.75, 3.05) is 11.4 Å². The first-order chi connectivity index (χ1) is 9.52. The van der Waals surface area contributed by atoms with Gasteiger partial charge >= 0.3 is 0 Å². The summed E-state index contributed by atoms with van der Waals surface area (Å²) < 4.78 is 0. The van der Waals surface area contributed by atoms with Crippen molar-refractivity contribution in [2.45, 2.75) is 6.92 Å². The van der Waals surface area contributed by atoms with E-state index in [0.717, 1.165) is 12.2 Å². The molecular weight excluding hydrogens is 292 g/mol. The Balaban J connectivity index is 2.33. The fraction of sp³-hybridized carbons (Fsp3) is 0.133. The predicted molar refractivity (Wildman–Crippen MR) is 87.9 cm³/mol. The van der Waals surface area contributed by atoms with E-state index in [1.807, 2.05) is 20.1 Å². The molecular formula is C15H14BCl2NO. The molecule has 0 heterocycles. The Hall–Kier alpha value is -1.45. The average Bonchev–Trinajstić information content (AvgIpc) is 2.46. The highest BCUT2D eigenvalue weighted by molar-refractivity contribution is 6.35. The molecule has 2 rings (SSSR count). The van der Waals surface area contributed by atoms with Gasteiger partial charge in [0, 0.05) is 28.4 Å². The van der Waals surface area contributed by atoms with Crippen LogP contribution >= 0.6 is 23.2 Å². The summed E-state index contributed by atoms with van der Waals surface area (Å²) in [7, 11) is 1.98. The van der Waals surface area contributed by atoms with Gasteiger partial charge in [0.05, 0.1) is 5.02 Å². The minimum absolute atomic E-state index is 0.0997. The normalized spacial score (nSPS) is 10.3. The molecule has 0 saturated heterocycles. The second-order valence-corrected chi connectivity index (χ2v) is 5.36. The monoisotopic (exact) mass is 305 g/mol. The number of carbonyl (C=O) groups is 1. The van der Waals surface area contributed by atoms with Crippen molar-refractivity contribution in [1.82, 2.24) is 0 Å². The van der Waals surface area contributed by atoms with E-state index in [1.165, 1.54) is 0 Å². The lowest BCUT2D eigenvalue weighted by Crippen LogP contribution is -2.18. The van der Waals surface area contributed by atoms with Gasteiger partial charge < -0.3 is 4.81 Å². The van der Waals surface area contributed by atoms with Crippen LogP contribution in [-0.2, 0) is 0 Å². The quantitative estimate of drug-likeness (QED) is 0.635. The molecule has 5 heteroatoms. The molecule has 102 valence electrons. The van der Waals surface area contributed by atoms with Crippen molar-refractivity contribution in [3.8, 4) is 0 Å². The molecule has 0 aliphatic heterocycles. The second-order valence-electron chi connectivity index (χ2n) is 4.51. The zero-order chi connectivity index (χ0) is 14.7. The minimum atomic E-state index is -0.0997. The van der Waals surface area contributed by atoms with Gasteiger partial charge in [-0.15, -0.1) is 0 Å². The molecule has 0 saturated carbocycles. The highest BCUT2D eigenvalue weighted by atomic mass is 35.5. The lowest BCUT2D eigenvalue weighted by Gasteiger charge is -2.18. The van der Waals surface area contributed by atoms with Crippen LogP contribution in [0, 0.1) is 0 Å². The van der Waals surface area contributed by atoms with Gasteiger partial charge in [0.2, 0.25) is 7.98 Å². The van der Waals surface area contributed by atoms with Gasteiger partial charge in [0.1, 0.15) is 0 Å². The summed E-state index contributed by atoms with van der Waals surface area (Å²) in [4.78, 5) is 14.4. The molecule has 20 heavy (non-hydrogen) atoms. The Morgan fingerprint density at radius 1 is 1.15 bits per heavy atom. The SMILES string of the molecule is BN(CC)c1ccc(C(=O)c2ccc(Cl)cc2)c(Cl)c1. The summed E-state index contributed by atoms with van der Waals surface area (Å²) in [6.07, 6.45) is 0. The number of benzene rings is 2. The van der Waals surface area contributed by atoms with Gasteiger partial charge in [0.25, 0.3) is 0 Å². The maximum atomic E-state index is 12.4. The van der Waals surface area contributed by atoms with Crippen LogP contribution in [0.4, 0.5) is 5.69 Å². The number of hydrogen-bond donors (Lipinski definition) is 0. The third kappa shape index (κ3) is 3.17. The van der Waals surface area contributed by atoms with Crippen LogP contribution in [0.1, 0.15) is 22.8 Å². The predicted octanol–water partition coefficient (Wildman–Crippen LogP) is 3.60. The van der Waals surface area contributed by atoms with Crippen LogP contribution < -0.4 is 4.81 Å². The summed E-state index contributed by atoms with van der Waals surface area (Å²) in [5.41, 5.74) is 2.07. The molecule has 0 radical (unpaired) electrons.